The Hall–Kier alpha value is -0.610. The van der Waals surface area contributed by atoms with Gasteiger partial charge in [0.25, 0.3) is 0 Å². The van der Waals surface area contributed by atoms with Gasteiger partial charge in [-0.05, 0) is 0 Å². The van der Waals surface area contributed by atoms with Crippen molar-refractivity contribution in [1.29, 1.82) is 0 Å². The Bertz CT molecular complexity index is 180. The van der Waals surface area contributed by atoms with Gasteiger partial charge in [-0.2, -0.15) is 5.06 Å². The average Bonchev–Trinajstić information content (AvgIpc) is 1.82. The van der Waals surface area contributed by atoms with Crippen molar-refractivity contribution in [3.8, 4) is 0 Å². The van der Waals surface area contributed by atoms with Crippen molar-refractivity contribution in [2.75, 3.05) is 13.1 Å². The van der Waals surface area contributed by atoms with E-state index in [4.69, 9.17) is 5.21 Å². The summed E-state index contributed by atoms with van der Waals surface area (Å²) in [5.41, 5.74) is -0.337. The Kier molecular flexibility index (Phi) is 2.39. The number of hydrogen-bond acceptors (Lipinski definition) is 3. The van der Waals surface area contributed by atoms with E-state index >= 15 is 0 Å². The van der Waals surface area contributed by atoms with E-state index in [1.807, 2.05) is 20.8 Å². The van der Waals surface area contributed by atoms with Crippen molar-refractivity contribution >= 4 is 5.91 Å². The van der Waals surface area contributed by atoms with E-state index in [0.717, 1.165) is 0 Å². The molecule has 1 aliphatic rings. The highest BCUT2D eigenvalue weighted by Gasteiger charge is 2.30. The monoisotopic (exact) mass is 172 g/mol. The van der Waals surface area contributed by atoms with Crippen molar-refractivity contribution in [3.63, 3.8) is 0 Å². The lowest BCUT2D eigenvalue weighted by molar-refractivity contribution is -0.160. The van der Waals surface area contributed by atoms with Crippen LogP contribution in [0.25, 0.3) is 0 Å². The normalized spacial score (nSPS) is 20.3. The van der Waals surface area contributed by atoms with E-state index < -0.39 is 0 Å². The molecule has 0 aromatic rings. The van der Waals surface area contributed by atoms with E-state index in [-0.39, 0.29) is 17.4 Å². The van der Waals surface area contributed by atoms with Gasteiger partial charge in [0, 0.05) is 18.5 Å². The molecule has 1 amide bonds. The lowest BCUT2D eigenvalue weighted by Crippen LogP contribution is -2.59. The third-order valence-electron chi connectivity index (χ3n) is 1.88. The molecule has 0 spiro atoms. The minimum Gasteiger partial charge on any atom is -0.350 e. The summed E-state index contributed by atoms with van der Waals surface area (Å²) in [7, 11) is 0. The molecule has 4 heteroatoms. The molecule has 0 radical (unpaired) electrons. The first-order valence-corrected chi connectivity index (χ1v) is 4.14. The van der Waals surface area contributed by atoms with Crippen molar-refractivity contribution in [1.82, 2.24) is 10.4 Å². The summed E-state index contributed by atoms with van der Waals surface area (Å²) in [6.45, 7) is 6.71. The zero-order chi connectivity index (χ0) is 9.35. The molecule has 0 saturated carbocycles. The largest absolute Gasteiger partial charge is 0.350 e. The van der Waals surface area contributed by atoms with Crippen LogP contribution < -0.4 is 5.32 Å². The Morgan fingerprint density at radius 1 is 1.50 bits per heavy atom. The molecule has 1 heterocycles. The number of hydrogen-bond donors (Lipinski definition) is 2. The molecule has 70 valence electrons. The molecule has 1 rings (SSSR count). The Balaban J connectivity index is 2.28. The molecule has 0 bridgehead atoms. The van der Waals surface area contributed by atoms with Crippen molar-refractivity contribution in [2.24, 2.45) is 5.41 Å². The van der Waals surface area contributed by atoms with E-state index in [9.17, 15) is 4.79 Å². The summed E-state index contributed by atoms with van der Waals surface area (Å²) >= 11 is 0. The minimum absolute atomic E-state index is 0.0422. The summed E-state index contributed by atoms with van der Waals surface area (Å²) in [5.74, 6) is 0.0422. The van der Waals surface area contributed by atoms with Crippen molar-refractivity contribution in [3.05, 3.63) is 0 Å². The number of carbonyl (C=O) groups excluding carboxylic acids is 1. The second-order valence-electron chi connectivity index (χ2n) is 4.29. The maximum absolute atomic E-state index is 11.4. The maximum atomic E-state index is 11.4. The van der Waals surface area contributed by atoms with Crippen LogP contribution in [0.4, 0.5) is 0 Å². The molecular weight excluding hydrogens is 156 g/mol. The maximum Gasteiger partial charge on any atom is 0.225 e. The second kappa shape index (κ2) is 3.03. The van der Waals surface area contributed by atoms with Crippen LogP contribution in [-0.2, 0) is 4.79 Å². The van der Waals surface area contributed by atoms with E-state index in [0.29, 0.717) is 13.1 Å². The molecular formula is C8H16N2O2. The SMILES string of the molecule is CC(C)(C)C(=O)NC1CN(O)C1. The molecule has 0 aromatic heterocycles. The van der Waals surface area contributed by atoms with Crippen LogP contribution >= 0.6 is 0 Å². The Morgan fingerprint density at radius 2 is 2.00 bits per heavy atom. The number of hydroxylamine groups is 2. The predicted octanol–water partition coefficient (Wildman–Crippen LogP) is 0.222. The van der Waals surface area contributed by atoms with Gasteiger partial charge in [0.15, 0.2) is 0 Å². The van der Waals surface area contributed by atoms with Crippen LogP contribution in [0.5, 0.6) is 0 Å². The highest BCUT2D eigenvalue weighted by atomic mass is 16.5. The number of nitrogens with zero attached hydrogens (tertiary/aromatic N) is 1. The molecule has 0 unspecified atom stereocenters. The first kappa shape index (κ1) is 9.48. The zero-order valence-corrected chi connectivity index (χ0v) is 7.79. The lowest BCUT2D eigenvalue weighted by atomic mass is 9.95. The van der Waals surface area contributed by atoms with Gasteiger partial charge in [-0.15, -0.1) is 0 Å². The number of amides is 1. The summed E-state index contributed by atoms with van der Waals surface area (Å²) in [6, 6.07) is 0.127. The fourth-order valence-electron chi connectivity index (χ4n) is 0.949. The van der Waals surface area contributed by atoms with Crippen LogP contribution in [0, 0.1) is 5.41 Å². The van der Waals surface area contributed by atoms with Gasteiger partial charge in [-0.1, -0.05) is 20.8 Å². The van der Waals surface area contributed by atoms with Gasteiger partial charge in [-0.25, -0.2) is 0 Å². The summed E-state index contributed by atoms with van der Waals surface area (Å²) < 4.78 is 0. The highest BCUT2D eigenvalue weighted by molar-refractivity contribution is 5.81. The predicted molar refractivity (Wildman–Crippen MR) is 44.7 cm³/mol. The molecule has 12 heavy (non-hydrogen) atoms. The Labute approximate surface area is 72.5 Å². The smallest absolute Gasteiger partial charge is 0.225 e. The lowest BCUT2D eigenvalue weighted by Gasteiger charge is -2.36. The van der Waals surface area contributed by atoms with Crippen molar-refractivity contribution in [2.45, 2.75) is 26.8 Å². The van der Waals surface area contributed by atoms with Gasteiger partial charge < -0.3 is 10.5 Å². The topological polar surface area (TPSA) is 52.6 Å². The molecule has 0 aliphatic carbocycles. The van der Waals surface area contributed by atoms with Crippen LogP contribution in [0.15, 0.2) is 0 Å². The average molecular weight is 172 g/mol. The van der Waals surface area contributed by atoms with E-state index in [2.05, 4.69) is 5.32 Å². The Morgan fingerprint density at radius 3 is 2.33 bits per heavy atom. The van der Waals surface area contributed by atoms with Gasteiger partial charge in [0.05, 0.1) is 6.04 Å². The first-order chi connectivity index (χ1) is 5.39. The quantitative estimate of drug-likeness (QED) is 0.595. The molecule has 1 aliphatic heterocycles. The standard InChI is InChI=1S/C8H16N2O2/c1-8(2,3)7(11)9-6-4-10(12)5-6/h6,12H,4-5H2,1-3H3,(H,9,11). The highest BCUT2D eigenvalue weighted by Crippen LogP contribution is 2.14. The third-order valence-corrected chi connectivity index (χ3v) is 1.88. The molecule has 1 fully saturated rings. The molecule has 4 nitrogen and oxygen atoms in total. The second-order valence-corrected chi connectivity index (χ2v) is 4.29. The van der Waals surface area contributed by atoms with E-state index in [1.54, 1.807) is 0 Å². The van der Waals surface area contributed by atoms with Crippen molar-refractivity contribution < 1.29 is 10.0 Å². The van der Waals surface area contributed by atoms with Crippen LogP contribution in [0.3, 0.4) is 0 Å². The van der Waals surface area contributed by atoms with Gasteiger partial charge >= 0.3 is 0 Å². The van der Waals surface area contributed by atoms with Crippen LogP contribution in [0.2, 0.25) is 0 Å². The summed E-state index contributed by atoms with van der Waals surface area (Å²) in [4.78, 5) is 11.4. The van der Waals surface area contributed by atoms with Crippen LogP contribution in [-0.4, -0.2) is 35.3 Å². The first-order valence-electron chi connectivity index (χ1n) is 4.14. The van der Waals surface area contributed by atoms with E-state index in [1.165, 1.54) is 5.06 Å². The van der Waals surface area contributed by atoms with Gasteiger partial charge in [0.1, 0.15) is 0 Å². The minimum atomic E-state index is -0.337. The molecule has 1 saturated heterocycles. The fraction of sp³-hybridized carbons (Fsp3) is 0.875. The fourth-order valence-corrected chi connectivity index (χ4v) is 0.949. The zero-order valence-electron chi connectivity index (χ0n) is 7.79. The third kappa shape index (κ3) is 2.19. The number of rotatable bonds is 1. The summed E-state index contributed by atoms with van der Waals surface area (Å²) in [5, 5.41) is 12.9. The molecule has 2 N–H and O–H groups in total. The van der Waals surface area contributed by atoms with Gasteiger partial charge in [0.2, 0.25) is 5.91 Å². The van der Waals surface area contributed by atoms with Gasteiger partial charge in [-0.3, -0.25) is 4.79 Å². The molecule has 0 aromatic carbocycles. The number of carbonyl (C=O) groups is 1. The van der Waals surface area contributed by atoms with Crippen LogP contribution in [0.1, 0.15) is 20.8 Å². The number of nitrogens with one attached hydrogen (secondary N) is 1. The summed E-state index contributed by atoms with van der Waals surface area (Å²) in [6.07, 6.45) is 0. The molecule has 0 atom stereocenters.